The van der Waals surface area contributed by atoms with E-state index in [0.717, 1.165) is 16.9 Å². The Bertz CT molecular complexity index is 256. The van der Waals surface area contributed by atoms with Gasteiger partial charge in [-0.2, -0.15) is 0 Å². The fourth-order valence-electron chi connectivity index (χ4n) is 3.16. The summed E-state index contributed by atoms with van der Waals surface area (Å²) in [6.07, 6.45) is 7.99. The molecule has 0 atom stereocenters. The van der Waals surface area contributed by atoms with E-state index < -0.39 is 0 Å². The lowest BCUT2D eigenvalue weighted by molar-refractivity contribution is -0.890. The molecule has 0 aliphatic rings. The standard InChI is InChI=1S/C19H45N3S2/c1-7-14-21(3,4)16-10-9-11-18-23-24-19-20-13-12-17-22(5,6)15-8-2/h20H,7-19H2,1-6H3/q+2. The van der Waals surface area contributed by atoms with E-state index in [9.17, 15) is 0 Å². The van der Waals surface area contributed by atoms with Crippen molar-refractivity contribution in [3.05, 3.63) is 0 Å². The zero-order valence-electron chi connectivity index (χ0n) is 17.4. The fourth-order valence-corrected chi connectivity index (χ4v) is 5.12. The monoisotopic (exact) mass is 379 g/mol. The Morgan fingerprint density at radius 1 is 0.667 bits per heavy atom. The molecule has 0 radical (unpaired) electrons. The Morgan fingerprint density at radius 2 is 1.25 bits per heavy atom. The van der Waals surface area contributed by atoms with Gasteiger partial charge < -0.3 is 14.3 Å². The second-order valence-corrected chi connectivity index (χ2v) is 10.8. The topological polar surface area (TPSA) is 12.0 Å². The van der Waals surface area contributed by atoms with Gasteiger partial charge in [-0.05, 0) is 32.1 Å². The maximum absolute atomic E-state index is 3.57. The molecule has 0 heterocycles. The van der Waals surface area contributed by atoms with Crippen molar-refractivity contribution in [3.63, 3.8) is 0 Å². The van der Waals surface area contributed by atoms with Crippen molar-refractivity contribution in [1.82, 2.24) is 5.32 Å². The number of quaternary nitrogens is 2. The zero-order valence-corrected chi connectivity index (χ0v) is 19.0. The lowest BCUT2D eigenvalue weighted by atomic mass is 10.2. The van der Waals surface area contributed by atoms with Crippen molar-refractivity contribution in [2.75, 3.05) is 72.5 Å². The summed E-state index contributed by atoms with van der Waals surface area (Å²) in [6.45, 7) is 10.9. The Hall–Kier alpha value is 0.580. The Labute approximate surface area is 160 Å². The van der Waals surface area contributed by atoms with E-state index in [1.165, 1.54) is 74.9 Å². The minimum atomic E-state index is 1.09. The molecule has 0 unspecified atom stereocenters. The van der Waals surface area contributed by atoms with Crippen LogP contribution in [0.4, 0.5) is 0 Å². The molecule has 0 rings (SSSR count). The molecule has 0 aromatic carbocycles. The predicted molar refractivity (Wildman–Crippen MR) is 116 cm³/mol. The lowest BCUT2D eigenvalue weighted by Gasteiger charge is -2.29. The van der Waals surface area contributed by atoms with Crippen LogP contribution in [0.15, 0.2) is 0 Å². The van der Waals surface area contributed by atoms with E-state index in [2.05, 4.69) is 47.4 Å². The van der Waals surface area contributed by atoms with Crippen LogP contribution in [0.1, 0.15) is 52.4 Å². The lowest BCUT2D eigenvalue weighted by Crippen LogP contribution is -2.41. The van der Waals surface area contributed by atoms with Crippen LogP contribution >= 0.6 is 21.6 Å². The van der Waals surface area contributed by atoms with Crippen molar-refractivity contribution >= 4 is 21.6 Å². The third-order valence-electron chi connectivity index (χ3n) is 4.51. The molecule has 0 fully saturated rings. The molecule has 0 amide bonds. The first-order chi connectivity index (χ1) is 11.3. The molecule has 0 aliphatic heterocycles. The maximum Gasteiger partial charge on any atom is 0.0794 e. The summed E-state index contributed by atoms with van der Waals surface area (Å²) in [6, 6.07) is 0. The summed E-state index contributed by atoms with van der Waals surface area (Å²) >= 11 is 0. The van der Waals surface area contributed by atoms with Gasteiger partial charge in [-0.25, -0.2) is 0 Å². The highest BCUT2D eigenvalue weighted by molar-refractivity contribution is 8.76. The summed E-state index contributed by atoms with van der Waals surface area (Å²) in [7, 11) is 13.4. The molecule has 3 nitrogen and oxygen atoms in total. The minimum Gasteiger partial charge on any atom is -0.328 e. The van der Waals surface area contributed by atoms with E-state index >= 15 is 0 Å². The quantitative estimate of drug-likeness (QED) is 0.174. The van der Waals surface area contributed by atoms with Crippen LogP contribution in [0.3, 0.4) is 0 Å². The number of nitrogens with one attached hydrogen (secondary N) is 1. The SMILES string of the molecule is CCC[N+](C)(C)CCCCCSSCNCCC[N+](C)(C)CCC. The van der Waals surface area contributed by atoms with Gasteiger partial charge in [0.2, 0.25) is 0 Å². The first-order valence-corrected chi connectivity index (χ1v) is 12.4. The molecule has 0 aromatic heterocycles. The minimum absolute atomic E-state index is 1.09. The molecule has 24 heavy (non-hydrogen) atoms. The average Bonchev–Trinajstić information content (AvgIpc) is 2.48. The first kappa shape index (κ1) is 24.6. The summed E-state index contributed by atoms with van der Waals surface area (Å²) in [5.41, 5.74) is 0. The third kappa shape index (κ3) is 16.1. The summed E-state index contributed by atoms with van der Waals surface area (Å²) in [5, 5.41) is 3.57. The van der Waals surface area contributed by atoms with Crippen LogP contribution in [0, 0.1) is 0 Å². The van der Waals surface area contributed by atoms with Gasteiger partial charge in [0.25, 0.3) is 0 Å². The highest BCUT2D eigenvalue weighted by Gasteiger charge is 2.12. The molecular weight excluding hydrogens is 334 g/mol. The van der Waals surface area contributed by atoms with E-state index in [-0.39, 0.29) is 0 Å². The largest absolute Gasteiger partial charge is 0.328 e. The summed E-state index contributed by atoms with van der Waals surface area (Å²) in [5.74, 6) is 2.39. The van der Waals surface area contributed by atoms with Crippen molar-refractivity contribution in [2.45, 2.75) is 52.4 Å². The molecule has 0 aromatic rings. The van der Waals surface area contributed by atoms with Crippen molar-refractivity contribution in [3.8, 4) is 0 Å². The van der Waals surface area contributed by atoms with Gasteiger partial charge >= 0.3 is 0 Å². The predicted octanol–water partition coefficient (Wildman–Crippen LogP) is 4.45. The molecule has 0 spiro atoms. The normalized spacial score (nSPS) is 12.8. The van der Waals surface area contributed by atoms with Crippen molar-refractivity contribution < 1.29 is 8.97 Å². The molecule has 1 N–H and O–H groups in total. The molecule has 0 bridgehead atoms. The van der Waals surface area contributed by atoms with Gasteiger partial charge in [0, 0.05) is 18.7 Å². The van der Waals surface area contributed by atoms with Crippen molar-refractivity contribution in [1.29, 1.82) is 0 Å². The van der Waals surface area contributed by atoms with Crippen LogP contribution in [-0.4, -0.2) is 81.5 Å². The van der Waals surface area contributed by atoms with Gasteiger partial charge in [0.15, 0.2) is 0 Å². The van der Waals surface area contributed by atoms with Crippen LogP contribution in [0.25, 0.3) is 0 Å². The van der Waals surface area contributed by atoms with Crippen molar-refractivity contribution in [2.24, 2.45) is 0 Å². The van der Waals surface area contributed by atoms with E-state index in [0.29, 0.717) is 0 Å². The third-order valence-corrected chi connectivity index (χ3v) is 6.81. The highest BCUT2D eigenvalue weighted by atomic mass is 33.1. The molecule has 0 aliphatic carbocycles. The molecule has 146 valence electrons. The second-order valence-electron chi connectivity index (χ2n) is 8.26. The number of hydrogen-bond donors (Lipinski definition) is 1. The van der Waals surface area contributed by atoms with Gasteiger partial charge in [-0.15, -0.1) is 0 Å². The Balaban J connectivity index is 3.29. The average molecular weight is 380 g/mol. The first-order valence-electron chi connectivity index (χ1n) is 9.92. The Kier molecular flexibility index (Phi) is 15.1. The van der Waals surface area contributed by atoms with E-state index in [4.69, 9.17) is 0 Å². The molecular formula is C19H45N3S2+2. The second kappa shape index (κ2) is 14.7. The van der Waals surface area contributed by atoms with Gasteiger partial charge in [-0.3, -0.25) is 0 Å². The number of rotatable bonds is 17. The highest BCUT2D eigenvalue weighted by Crippen LogP contribution is 2.21. The summed E-state index contributed by atoms with van der Waals surface area (Å²) < 4.78 is 2.35. The van der Waals surface area contributed by atoms with Crippen LogP contribution in [-0.2, 0) is 0 Å². The smallest absolute Gasteiger partial charge is 0.0794 e. The zero-order chi connectivity index (χ0) is 18.3. The van der Waals surface area contributed by atoms with Crippen LogP contribution in [0.5, 0.6) is 0 Å². The molecule has 0 saturated carbocycles. The number of nitrogens with zero attached hydrogens (tertiary/aromatic N) is 2. The van der Waals surface area contributed by atoms with Gasteiger partial charge in [0.1, 0.15) is 0 Å². The van der Waals surface area contributed by atoms with E-state index in [1.54, 1.807) is 0 Å². The Morgan fingerprint density at radius 3 is 1.83 bits per heavy atom. The molecule has 0 saturated heterocycles. The summed E-state index contributed by atoms with van der Waals surface area (Å²) in [4.78, 5) is 0. The van der Waals surface area contributed by atoms with Crippen LogP contribution in [0.2, 0.25) is 0 Å². The maximum atomic E-state index is 3.57. The fraction of sp³-hybridized carbons (Fsp3) is 1.00. The van der Waals surface area contributed by atoms with Gasteiger partial charge in [0.05, 0.1) is 60.2 Å². The number of hydrogen-bond acceptors (Lipinski definition) is 3. The van der Waals surface area contributed by atoms with Crippen LogP contribution < -0.4 is 5.32 Å². The number of unbranched alkanes of at least 4 members (excludes halogenated alkanes) is 2. The molecule has 5 heteroatoms. The van der Waals surface area contributed by atoms with E-state index in [1.807, 2.05) is 21.6 Å². The van der Waals surface area contributed by atoms with Gasteiger partial charge in [-0.1, -0.05) is 35.4 Å².